The number of hydrogen-bond acceptors (Lipinski definition) is 4. The van der Waals surface area contributed by atoms with Crippen molar-refractivity contribution in [1.82, 2.24) is 0 Å². The van der Waals surface area contributed by atoms with E-state index in [9.17, 15) is 19.8 Å². The molecule has 0 heterocycles. The molecule has 0 aromatic carbocycles. The van der Waals surface area contributed by atoms with Gasteiger partial charge in [-0.15, -0.1) is 0 Å². The number of allylic oxidation sites excluding steroid dienone is 4. The SMILES string of the molecule is CCC=CCC(O)C=C[C@H]1CCC(=O)[C@@H]1CC=CCCC(O)C(=O)O. The maximum Gasteiger partial charge on any atom is 0.332 e. The van der Waals surface area contributed by atoms with Crippen LogP contribution in [0.1, 0.15) is 51.9 Å². The van der Waals surface area contributed by atoms with Gasteiger partial charge in [0, 0.05) is 12.3 Å². The number of aliphatic hydroxyl groups is 2. The molecule has 0 saturated heterocycles. The molecule has 0 radical (unpaired) electrons. The average molecular weight is 350 g/mol. The van der Waals surface area contributed by atoms with E-state index >= 15 is 0 Å². The van der Waals surface area contributed by atoms with Crippen LogP contribution in [0.25, 0.3) is 0 Å². The Bertz CT molecular complexity index is 506. The Morgan fingerprint density at radius 3 is 2.68 bits per heavy atom. The molecule has 0 spiro atoms. The molecule has 0 aliphatic heterocycles. The minimum absolute atomic E-state index is 0.0738. The predicted octanol–water partition coefficient (Wildman–Crippen LogP) is 3.03. The van der Waals surface area contributed by atoms with E-state index < -0.39 is 18.2 Å². The van der Waals surface area contributed by atoms with Crippen LogP contribution in [-0.2, 0) is 9.59 Å². The van der Waals surface area contributed by atoms with E-state index in [4.69, 9.17) is 5.11 Å². The van der Waals surface area contributed by atoms with Gasteiger partial charge < -0.3 is 15.3 Å². The van der Waals surface area contributed by atoms with E-state index in [1.807, 2.05) is 37.3 Å². The second-order valence-electron chi connectivity index (χ2n) is 6.48. The first-order valence-corrected chi connectivity index (χ1v) is 9.05. The maximum absolute atomic E-state index is 12.0. The zero-order valence-electron chi connectivity index (χ0n) is 14.9. The summed E-state index contributed by atoms with van der Waals surface area (Å²) < 4.78 is 0. The van der Waals surface area contributed by atoms with Gasteiger partial charge in [-0.2, -0.15) is 0 Å². The second-order valence-corrected chi connectivity index (χ2v) is 6.48. The van der Waals surface area contributed by atoms with Crippen LogP contribution < -0.4 is 0 Å². The first kappa shape index (κ1) is 21.3. The number of hydrogen-bond donors (Lipinski definition) is 3. The number of ketones is 1. The number of Topliss-reactive ketones (excluding diaryl/α,β-unsaturated/α-hetero) is 1. The molecule has 5 heteroatoms. The van der Waals surface area contributed by atoms with Crippen LogP contribution in [0, 0.1) is 11.8 Å². The molecule has 1 aliphatic carbocycles. The van der Waals surface area contributed by atoms with Crippen LogP contribution >= 0.6 is 0 Å². The van der Waals surface area contributed by atoms with Crippen molar-refractivity contribution in [3.63, 3.8) is 0 Å². The topological polar surface area (TPSA) is 94.8 Å². The minimum atomic E-state index is -1.34. The number of carbonyl (C=O) groups excluding carboxylic acids is 1. The Hall–Kier alpha value is -1.72. The van der Waals surface area contributed by atoms with Crippen molar-refractivity contribution in [1.29, 1.82) is 0 Å². The van der Waals surface area contributed by atoms with Gasteiger partial charge in [0.05, 0.1) is 6.10 Å². The lowest BCUT2D eigenvalue weighted by Gasteiger charge is -2.13. The number of carboxylic acids is 1. The third kappa shape index (κ3) is 8.27. The van der Waals surface area contributed by atoms with E-state index in [1.54, 1.807) is 6.08 Å². The molecule has 0 aromatic rings. The van der Waals surface area contributed by atoms with Crippen molar-refractivity contribution >= 4 is 11.8 Å². The molecule has 5 nitrogen and oxygen atoms in total. The molecule has 25 heavy (non-hydrogen) atoms. The molecular formula is C20H30O5. The average Bonchev–Trinajstić information content (AvgIpc) is 2.92. The Balaban J connectivity index is 2.44. The Labute approximate surface area is 149 Å². The number of aliphatic carboxylic acids is 1. The first-order chi connectivity index (χ1) is 12.0. The van der Waals surface area contributed by atoms with E-state index in [1.165, 1.54) is 0 Å². The third-order valence-corrected chi connectivity index (χ3v) is 4.46. The van der Waals surface area contributed by atoms with Crippen molar-refractivity contribution < 1.29 is 24.9 Å². The number of aliphatic hydroxyl groups excluding tert-OH is 2. The smallest absolute Gasteiger partial charge is 0.332 e. The van der Waals surface area contributed by atoms with Gasteiger partial charge in [0.2, 0.25) is 0 Å². The van der Waals surface area contributed by atoms with Crippen molar-refractivity contribution in [2.75, 3.05) is 0 Å². The van der Waals surface area contributed by atoms with Gasteiger partial charge in [-0.3, -0.25) is 4.79 Å². The molecule has 140 valence electrons. The highest BCUT2D eigenvalue weighted by Crippen LogP contribution is 2.32. The number of carbonyl (C=O) groups is 2. The zero-order valence-corrected chi connectivity index (χ0v) is 14.9. The lowest BCUT2D eigenvalue weighted by Crippen LogP contribution is -2.18. The second kappa shape index (κ2) is 11.8. The summed E-state index contributed by atoms with van der Waals surface area (Å²) >= 11 is 0. The van der Waals surface area contributed by atoms with Gasteiger partial charge in [0.15, 0.2) is 6.10 Å². The fourth-order valence-electron chi connectivity index (χ4n) is 2.96. The predicted molar refractivity (Wildman–Crippen MR) is 97.0 cm³/mol. The first-order valence-electron chi connectivity index (χ1n) is 9.05. The maximum atomic E-state index is 12.0. The fraction of sp³-hybridized carbons (Fsp3) is 0.600. The van der Waals surface area contributed by atoms with Gasteiger partial charge in [-0.25, -0.2) is 4.79 Å². The summed E-state index contributed by atoms with van der Waals surface area (Å²) in [7, 11) is 0. The third-order valence-electron chi connectivity index (χ3n) is 4.46. The largest absolute Gasteiger partial charge is 0.479 e. The van der Waals surface area contributed by atoms with Crippen molar-refractivity contribution in [3.05, 3.63) is 36.5 Å². The van der Waals surface area contributed by atoms with Crippen molar-refractivity contribution in [2.45, 2.75) is 64.1 Å². The fourth-order valence-corrected chi connectivity index (χ4v) is 2.96. The van der Waals surface area contributed by atoms with Crippen molar-refractivity contribution in [3.8, 4) is 0 Å². The van der Waals surface area contributed by atoms with Gasteiger partial charge in [0.25, 0.3) is 0 Å². The lowest BCUT2D eigenvalue weighted by molar-refractivity contribution is -0.146. The van der Waals surface area contributed by atoms with Crippen LogP contribution in [0.15, 0.2) is 36.5 Å². The number of rotatable bonds is 11. The molecule has 2 unspecified atom stereocenters. The van der Waals surface area contributed by atoms with Gasteiger partial charge in [-0.1, -0.05) is 43.4 Å². The molecule has 1 saturated carbocycles. The molecule has 1 aliphatic rings. The van der Waals surface area contributed by atoms with E-state index in [0.717, 1.165) is 12.8 Å². The summed E-state index contributed by atoms with van der Waals surface area (Å²) in [5.74, 6) is -0.899. The summed E-state index contributed by atoms with van der Waals surface area (Å²) in [6.45, 7) is 2.04. The highest BCUT2D eigenvalue weighted by molar-refractivity contribution is 5.83. The minimum Gasteiger partial charge on any atom is -0.479 e. The van der Waals surface area contributed by atoms with Crippen LogP contribution in [0.3, 0.4) is 0 Å². The number of carboxylic acid groups (broad SMARTS) is 1. The Morgan fingerprint density at radius 2 is 2.00 bits per heavy atom. The zero-order chi connectivity index (χ0) is 18.7. The molecule has 0 bridgehead atoms. The summed E-state index contributed by atoms with van der Waals surface area (Å²) in [6.07, 6.45) is 13.7. The van der Waals surface area contributed by atoms with Crippen LogP contribution in [0.2, 0.25) is 0 Å². The molecular weight excluding hydrogens is 320 g/mol. The molecule has 1 rings (SSSR count). The Morgan fingerprint density at radius 1 is 1.24 bits per heavy atom. The summed E-state index contributed by atoms with van der Waals surface area (Å²) in [5.41, 5.74) is 0. The van der Waals surface area contributed by atoms with Crippen LogP contribution in [0.4, 0.5) is 0 Å². The Kier molecular flexibility index (Phi) is 10.0. The van der Waals surface area contributed by atoms with Crippen LogP contribution in [-0.4, -0.2) is 39.3 Å². The van der Waals surface area contributed by atoms with Gasteiger partial charge in [0.1, 0.15) is 5.78 Å². The normalized spacial score (nSPS) is 23.9. The van der Waals surface area contributed by atoms with E-state index in [-0.39, 0.29) is 24.0 Å². The van der Waals surface area contributed by atoms with Gasteiger partial charge >= 0.3 is 5.97 Å². The van der Waals surface area contributed by atoms with Gasteiger partial charge in [-0.05, 0) is 44.4 Å². The van der Waals surface area contributed by atoms with Crippen LogP contribution in [0.5, 0.6) is 0 Å². The standard InChI is InChI=1S/C20H30O5/c1-2-3-5-8-16(21)13-11-15-12-14-18(22)17(15)9-6-4-7-10-19(23)20(24)25/h3-6,11,13,15-17,19,21,23H,2,7-10,12,14H2,1H3,(H,24,25)/t15-,16?,17+,19?/m0/s1. The molecule has 0 aromatic heterocycles. The highest BCUT2D eigenvalue weighted by atomic mass is 16.4. The lowest BCUT2D eigenvalue weighted by atomic mass is 9.91. The highest BCUT2D eigenvalue weighted by Gasteiger charge is 2.31. The molecule has 0 amide bonds. The molecule has 3 N–H and O–H groups in total. The van der Waals surface area contributed by atoms with E-state index in [0.29, 0.717) is 25.7 Å². The molecule has 4 atom stereocenters. The van der Waals surface area contributed by atoms with Crippen molar-refractivity contribution in [2.24, 2.45) is 11.8 Å². The van der Waals surface area contributed by atoms with E-state index in [2.05, 4.69) is 0 Å². The quantitative estimate of drug-likeness (QED) is 0.498. The monoisotopic (exact) mass is 350 g/mol. The summed E-state index contributed by atoms with van der Waals surface area (Å²) in [4.78, 5) is 22.6. The molecule has 1 fully saturated rings. The summed E-state index contributed by atoms with van der Waals surface area (Å²) in [5, 5.41) is 27.7. The summed E-state index contributed by atoms with van der Waals surface area (Å²) in [6, 6.07) is 0.